The molecule has 1 aromatic carbocycles. The van der Waals surface area contributed by atoms with Crippen molar-refractivity contribution >= 4 is 34.4 Å². The van der Waals surface area contributed by atoms with E-state index in [0.717, 1.165) is 54.8 Å². The van der Waals surface area contributed by atoms with Crippen molar-refractivity contribution < 1.29 is 9.53 Å². The van der Waals surface area contributed by atoms with Crippen molar-refractivity contribution in [2.24, 2.45) is 5.92 Å². The number of H-pyrrole nitrogens is 1. The van der Waals surface area contributed by atoms with Crippen LogP contribution in [0.4, 0.5) is 5.82 Å². The van der Waals surface area contributed by atoms with E-state index in [1.807, 2.05) is 18.5 Å². The summed E-state index contributed by atoms with van der Waals surface area (Å²) in [7, 11) is 0. The van der Waals surface area contributed by atoms with Gasteiger partial charge in [-0.1, -0.05) is 17.7 Å². The van der Waals surface area contributed by atoms with Crippen LogP contribution in [0.5, 0.6) is 0 Å². The molecule has 0 bridgehead atoms. The molecule has 1 aliphatic rings. The lowest BCUT2D eigenvalue weighted by molar-refractivity contribution is 0.0616. The maximum absolute atomic E-state index is 12.3. The molecule has 0 unspecified atom stereocenters. The molecule has 31 heavy (non-hydrogen) atoms. The van der Waals surface area contributed by atoms with Gasteiger partial charge in [0.25, 0.3) is 5.91 Å². The predicted octanol–water partition coefficient (Wildman–Crippen LogP) is 4.15. The van der Waals surface area contributed by atoms with E-state index in [-0.39, 0.29) is 5.91 Å². The van der Waals surface area contributed by atoms with Gasteiger partial charge >= 0.3 is 0 Å². The van der Waals surface area contributed by atoms with E-state index in [9.17, 15) is 4.79 Å². The number of hydrogen-bond donors (Lipinski definition) is 2. The summed E-state index contributed by atoms with van der Waals surface area (Å²) < 4.78 is 7.68. The highest BCUT2D eigenvalue weighted by Gasteiger charge is 2.17. The Labute approximate surface area is 183 Å². The molecule has 0 radical (unpaired) electrons. The molecule has 158 valence electrons. The first-order chi connectivity index (χ1) is 15.2. The summed E-state index contributed by atoms with van der Waals surface area (Å²) in [6.07, 6.45) is 8.56. The van der Waals surface area contributed by atoms with E-state index in [4.69, 9.17) is 16.3 Å². The number of benzene rings is 1. The maximum Gasteiger partial charge on any atom is 0.259 e. The van der Waals surface area contributed by atoms with E-state index in [1.165, 1.54) is 12.4 Å². The number of aromatic nitrogens is 5. The second-order valence-corrected chi connectivity index (χ2v) is 8.05. The standard InChI is InChI=1S/C22H21ClN6O2/c23-18-11-24-21(28-22(30)16-9-26-27-10-16)8-17(18)15-1-2-19-20(7-15)29(13-25-19)12-14-3-5-31-6-4-14/h1-2,7-11,13-14H,3-6,12H2,(H,26,27)(H,24,28,30). The van der Waals surface area contributed by atoms with E-state index in [2.05, 4.69) is 36.1 Å². The molecule has 5 rings (SSSR count). The summed E-state index contributed by atoms with van der Waals surface area (Å²) in [6.45, 7) is 2.56. The van der Waals surface area contributed by atoms with Gasteiger partial charge in [0, 0.05) is 37.7 Å². The van der Waals surface area contributed by atoms with Gasteiger partial charge in [-0.25, -0.2) is 9.97 Å². The first-order valence-corrected chi connectivity index (χ1v) is 10.5. The van der Waals surface area contributed by atoms with Crippen LogP contribution in [0.3, 0.4) is 0 Å². The fourth-order valence-corrected chi connectivity index (χ4v) is 4.08. The molecule has 2 N–H and O–H groups in total. The minimum absolute atomic E-state index is 0.292. The quantitative estimate of drug-likeness (QED) is 0.489. The van der Waals surface area contributed by atoms with Crippen molar-refractivity contribution in [2.75, 3.05) is 18.5 Å². The molecule has 9 heteroatoms. The van der Waals surface area contributed by atoms with Crippen LogP contribution >= 0.6 is 11.6 Å². The number of carbonyl (C=O) groups is 1. The van der Waals surface area contributed by atoms with Gasteiger partial charge in [0.1, 0.15) is 5.82 Å². The Kier molecular flexibility index (Phi) is 5.40. The molecule has 0 spiro atoms. The number of halogens is 1. The zero-order chi connectivity index (χ0) is 21.2. The Balaban J connectivity index is 1.44. The molecule has 0 atom stereocenters. The van der Waals surface area contributed by atoms with E-state index >= 15 is 0 Å². The van der Waals surface area contributed by atoms with E-state index in [1.54, 1.807) is 12.3 Å². The average molecular weight is 437 g/mol. The van der Waals surface area contributed by atoms with Crippen molar-refractivity contribution in [3.05, 3.63) is 59.8 Å². The van der Waals surface area contributed by atoms with Gasteiger partial charge in [0.2, 0.25) is 0 Å². The Morgan fingerprint density at radius 1 is 1.23 bits per heavy atom. The predicted molar refractivity (Wildman–Crippen MR) is 118 cm³/mol. The highest BCUT2D eigenvalue weighted by atomic mass is 35.5. The normalized spacial score (nSPS) is 14.7. The van der Waals surface area contributed by atoms with Crippen LogP contribution < -0.4 is 5.32 Å². The Hall–Kier alpha value is -3.23. The number of anilines is 1. The number of amides is 1. The molecule has 4 aromatic rings. The first kappa shape index (κ1) is 19.7. The SMILES string of the molecule is O=C(Nc1cc(-c2ccc3ncn(CC4CCOCC4)c3c2)c(Cl)cn1)c1cn[nH]c1. The Morgan fingerprint density at radius 3 is 2.90 bits per heavy atom. The Bertz CT molecular complexity index is 1210. The molecule has 4 heterocycles. The summed E-state index contributed by atoms with van der Waals surface area (Å²) in [4.78, 5) is 21.1. The third-order valence-corrected chi connectivity index (χ3v) is 5.89. The highest BCUT2D eigenvalue weighted by molar-refractivity contribution is 6.33. The number of carbonyl (C=O) groups excluding carboxylic acids is 1. The molecular formula is C22H21ClN6O2. The molecular weight excluding hydrogens is 416 g/mol. The summed E-state index contributed by atoms with van der Waals surface area (Å²) >= 11 is 6.46. The van der Waals surface area contributed by atoms with Crippen LogP contribution in [-0.2, 0) is 11.3 Å². The topological polar surface area (TPSA) is 97.7 Å². The fourth-order valence-electron chi connectivity index (χ4n) is 3.87. The number of nitrogens with zero attached hydrogens (tertiary/aromatic N) is 4. The van der Waals surface area contributed by atoms with Gasteiger partial charge in [-0.2, -0.15) is 5.10 Å². The number of imidazole rings is 1. The largest absolute Gasteiger partial charge is 0.381 e. The lowest BCUT2D eigenvalue weighted by Crippen LogP contribution is -2.20. The maximum atomic E-state index is 12.3. The van der Waals surface area contributed by atoms with Crippen molar-refractivity contribution in [3.8, 4) is 11.1 Å². The number of hydrogen-bond acceptors (Lipinski definition) is 5. The van der Waals surface area contributed by atoms with Crippen molar-refractivity contribution in [1.29, 1.82) is 0 Å². The van der Waals surface area contributed by atoms with Gasteiger partial charge in [-0.05, 0) is 42.5 Å². The van der Waals surface area contributed by atoms with Crippen molar-refractivity contribution in [3.63, 3.8) is 0 Å². The van der Waals surface area contributed by atoms with Crippen molar-refractivity contribution in [1.82, 2.24) is 24.7 Å². The second kappa shape index (κ2) is 8.49. The van der Waals surface area contributed by atoms with Crippen molar-refractivity contribution in [2.45, 2.75) is 19.4 Å². The number of ether oxygens (including phenoxy) is 1. The number of rotatable bonds is 5. The fraction of sp³-hybridized carbons (Fsp3) is 0.273. The number of aromatic amines is 1. The molecule has 1 fully saturated rings. The number of nitrogens with one attached hydrogen (secondary N) is 2. The smallest absolute Gasteiger partial charge is 0.259 e. The molecule has 1 saturated heterocycles. The van der Waals surface area contributed by atoms with Crippen LogP contribution in [-0.4, -0.2) is 43.9 Å². The van der Waals surface area contributed by atoms with E-state index < -0.39 is 0 Å². The van der Waals surface area contributed by atoms with Crippen LogP contribution in [0.1, 0.15) is 23.2 Å². The zero-order valence-corrected chi connectivity index (χ0v) is 17.5. The average Bonchev–Trinajstić information content (AvgIpc) is 3.46. The van der Waals surface area contributed by atoms with Gasteiger partial charge in [-0.15, -0.1) is 0 Å². The number of pyridine rings is 1. The third kappa shape index (κ3) is 4.17. The van der Waals surface area contributed by atoms with Gasteiger partial charge in [0.15, 0.2) is 0 Å². The van der Waals surface area contributed by atoms with Crippen LogP contribution in [0, 0.1) is 5.92 Å². The van der Waals surface area contributed by atoms with Gasteiger partial charge in [-0.3, -0.25) is 9.89 Å². The molecule has 1 aliphatic heterocycles. The molecule has 1 amide bonds. The minimum Gasteiger partial charge on any atom is -0.381 e. The van der Waals surface area contributed by atoms with Crippen LogP contribution in [0.15, 0.2) is 49.2 Å². The molecule has 8 nitrogen and oxygen atoms in total. The zero-order valence-electron chi connectivity index (χ0n) is 16.7. The molecule has 0 saturated carbocycles. The van der Waals surface area contributed by atoms with E-state index in [0.29, 0.717) is 22.3 Å². The van der Waals surface area contributed by atoms with Gasteiger partial charge < -0.3 is 14.6 Å². The van der Waals surface area contributed by atoms with Crippen LogP contribution in [0.25, 0.3) is 22.2 Å². The Morgan fingerprint density at radius 2 is 2.10 bits per heavy atom. The highest BCUT2D eigenvalue weighted by Crippen LogP contribution is 2.32. The molecule has 0 aliphatic carbocycles. The van der Waals surface area contributed by atoms with Gasteiger partial charge in [0.05, 0.1) is 34.1 Å². The summed E-state index contributed by atoms with van der Waals surface area (Å²) in [5.74, 6) is 0.713. The first-order valence-electron chi connectivity index (χ1n) is 10.2. The van der Waals surface area contributed by atoms with Crippen LogP contribution in [0.2, 0.25) is 5.02 Å². The lowest BCUT2D eigenvalue weighted by atomic mass is 10.00. The summed E-state index contributed by atoms with van der Waals surface area (Å²) in [5.41, 5.74) is 4.15. The minimum atomic E-state index is -0.292. The molecule has 3 aromatic heterocycles. The third-order valence-electron chi connectivity index (χ3n) is 5.59. The lowest BCUT2D eigenvalue weighted by Gasteiger charge is -2.22. The monoisotopic (exact) mass is 436 g/mol. The number of fused-ring (bicyclic) bond motifs is 1. The summed E-state index contributed by atoms with van der Waals surface area (Å²) in [5, 5.41) is 9.71. The summed E-state index contributed by atoms with van der Waals surface area (Å²) in [6, 6.07) is 7.84. The second-order valence-electron chi connectivity index (χ2n) is 7.65.